The van der Waals surface area contributed by atoms with Crippen LogP contribution in [0.15, 0.2) is 12.4 Å². The summed E-state index contributed by atoms with van der Waals surface area (Å²) in [6.45, 7) is 2.09. The Bertz CT molecular complexity index is 383. The molecule has 0 aliphatic carbocycles. The van der Waals surface area contributed by atoms with Crippen molar-refractivity contribution in [3.63, 3.8) is 0 Å². The quantitative estimate of drug-likeness (QED) is 0.578. The second-order valence-corrected chi connectivity index (χ2v) is 4.27. The van der Waals surface area contributed by atoms with E-state index in [1.54, 1.807) is 0 Å². The minimum absolute atomic E-state index is 0.0802. The lowest BCUT2D eigenvalue weighted by molar-refractivity contribution is 0.109. The summed E-state index contributed by atoms with van der Waals surface area (Å²) in [5.41, 5.74) is 5.67. The number of ether oxygens (including phenoxy) is 1. The summed E-state index contributed by atoms with van der Waals surface area (Å²) >= 11 is 0. The largest absolute Gasteiger partial charge is 0.473 e. The fourth-order valence-electron chi connectivity index (χ4n) is 1.79. The maximum Gasteiger partial charge on any atom is 0.232 e. The number of nitrogens with two attached hydrogens (primary N) is 1. The highest BCUT2D eigenvalue weighted by molar-refractivity contribution is 5.92. The minimum Gasteiger partial charge on any atom is -0.473 e. The van der Waals surface area contributed by atoms with E-state index < -0.39 is 0 Å². The lowest BCUT2D eigenvalue weighted by Crippen LogP contribution is -2.35. The van der Waals surface area contributed by atoms with E-state index in [1.807, 2.05) is 0 Å². The number of amidine groups is 1. The van der Waals surface area contributed by atoms with Gasteiger partial charge in [-0.25, -0.2) is 9.97 Å². The van der Waals surface area contributed by atoms with Gasteiger partial charge in [-0.15, -0.1) is 0 Å². The van der Waals surface area contributed by atoms with Crippen LogP contribution in [-0.4, -0.2) is 46.9 Å². The molecule has 92 valence electrons. The fourth-order valence-corrected chi connectivity index (χ4v) is 1.79. The first-order valence-corrected chi connectivity index (χ1v) is 5.67. The van der Waals surface area contributed by atoms with Crippen molar-refractivity contribution in [3.8, 4) is 5.88 Å². The van der Waals surface area contributed by atoms with Crippen molar-refractivity contribution in [2.45, 2.75) is 18.9 Å². The van der Waals surface area contributed by atoms with Crippen molar-refractivity contribution in [1.82, 2.24) is 14.9 Å². The van der Waals surface area contributed by atoms with Crippen LogP contribution in [0.1, 0.15) is 18.5 Å². The SMILES string of the molecule is CN1CCC(Oc2cnc(C(=N)N)cn2)CC1. The molecule has 6 nitrogen and oxygen atoms in total. The average molecular weight is 235 g/mol. The van der Waals surface area contributed by atoms with Gasteiger partial charge in [-0.05, 0) is 19.9 Å². The standard InChI is InChI=1S/C11H17N5O/c1-16-4-2-8(3-5-16)17-10-7-14-9(6-15-10)11(12)13/h6-8H,2-5H2,1H3,(H3,12,13). The summed E-state index contributed by atoms with van der Waals surface area (Å²) < 4.78 is 5.73. The maximum atomic E-state index is 7.21. The zero-order valence-corrected chi connectivity index (χ0v) is 9.89. The molecule has 0 bridgehead atoms. The molecular weight excluding hydrogens is 218 g/mol. The Morgan fingerprint density at radius 1 is 1.41 bits per heavy atom. The Hall–Kier alpha value is -1.69. The summed E-state index contributed by atoms with van der Waals surface area (Å²) in [7, 11) is 2.11. The summed E-state index contributed by atoms with van der Waals surface area (Å²) in [4.78, 5) is 10.4. The summed E-state index contributed by atoms with van der Waals surface area (Å²) in [6.07, 6.45) is 5.21. The molecule has 1 aromatic rings. The Morgan fingerprint density at radius 2 is 2.12 bits per heavy atom. The van der Waals surface area contributed by atoms with Gasteiger partial charge in [0.2, 0.25) is 5.88 Å². The van der Waals surface area contributed by atoms with Crippen LogP contribution in [-0.2, 0) is 0 Å². The number of hydrogen-bond donors (Lipinski definition) is 2. The van der Waals surface area contributed by atoms with E-state index in [4.69, 9.17) is 15.9 Å². The first kappa shape index (κ1) is 11.8. The fraction of sp³-hybridized carbons (Fsp3) is 0.545. The highest BCUT2D eigenvalue weighted by atomic mass is 16.5. The molecule has 1 aromatic heterocycles. The third kappa shape index (κ3) is 3.13. The summed E-state index contributed by atoms with van der Waals surface area (Å²) in [5.74, 6) is 0.424. The van der Waals surface area contributed by atoms with Crippen molar-refractivity contribution in [2.75, 3.05) is 20.1 Å². The summed E-state index contributed by atoms with van der Waals surface area (Å²) in [6, 6.07) is 0. The van der Waals surface area contributed by atoms with Crippen molar-refractivity contribution in [3.05, 3.63) is 18.1 Å². The van der Waals surface area contributed by atoms with Gasteiger partial charge < -0.3 is 15.4 Å². The van der Waals surface area contributed by atoms with Crippen LogP contribution in [0.3, 0.4) is 0 Å². The lowest BCUT2D eigenvalue weighted by Gasteiger charge is -2.28. The monoisotopic (exact) mass is 235 g/mol. The second-order valence-electron chi connectivity index (χ2n) is 4.27. The van der Waals surface area contributed by atoms with E-state index in [0.29, 0.717) is 11.6 Å². The zero-order chi connectivity index (χ0) is 12.3. The number of rotatable bonds is 3. The predicted molar refractivity (Wildman–Crippen MR) is 64.2 cm³/mol. The number of nitrogens with zero attached hydrogens (tertiary/aromatic N) is 3. The van der Waals surface area contributed by atoms with E-state index in [1.165, 1.54) is 12.4 Å². The van der Waals surface area contributed by atoms with Gasteiger partial charge in [0.15, 0.2) is 0 Å². The zero-order valence-electron chi connectivity index (χ0n) is 9.89. The Balaban J connectivity index is 1.92. The van der Waals surface area contributed by atoms with Gasteiger partial charge >= 0.3 is 0 Å². The maximum absolute atomic E-state index is 7.21. The molecule has 6 heteroatoms. The first-order valence-electron chi connectivity index (χ1n) is 5.67. The smallest absolute Gasteiger partial charge is 0.232 e. The molecule has 0 spiro atoms. The third-order valence-corrected chi connectivity index (χ3v) is 2.86. The van der Waals surface area contributed by atoms with E-state index in [0.717, 1.165) is 25.9 Å². The number of nitrogens with one attached hydrogen (secondary N) is 1. The first-order chi connectivity index (χ1) is 8.15. The topological polar surface area (TPSA) is 88.1 Å². The van der Waals surface area contributed by atoms with Crippen LogP contribution < -0.4 is 10.5 Å². The average Bonchev–Trinajstić information content (AvgIpc) is 2.33. The van der Waals surface area contributed by atoms with Crippen LogP contribution in [0.25, 0.3) is 0 Å². The Morgan fingerprint density at radius 3 is 2.65 bits per heavy atom. The van der Waals surface area contributed by atoms with Crippen LogP contribution >= 0.6 is 0 Å². The van der Waals surface area contributed by atoms with Gasteiger partial charge in [-0.1, -0.05) is 0 Å². The molecule has 1 aliphatic rings. The molecule has 0 atom stereocenters. The van der Waals surface area contributed by atoms with Gasteiger partial charge in [0.1, 0.15) is 17.6 Å². The number of nitrogen functional groups attached to an aromatic ring is 1. The normalized spacial score (nSPS) is 17.9. The molecule has 0 unspecified atom stereocenters. The molecule has 2 rings (SSSR count). The number of likely N-dealkylation sites (tertiary alicyclic amines) is 1. The highest BCUT2D eigenvalue weighted by Gasteiger charge is 2.18. The van der Waals surface area contributed by atoms with E-state index >= 15 is 0 Å². The highest BCUT2D eigenvalue weighted by Crippen LogP contribution is 2.15. The molecule has 2 heterocycles. The van der Waals surface area contributed by atoms with Crippen LogP contribution in [0.2, 0.25) is 0 Å². The predicted octanol–water partition coefficient (Wildman–Crippen LogP) is 0.234. The summed E-state index contributed by atoms with van der Waals surface area (Å²) in [5, 5.41) is 7.21. The molecule has 17 heavy (non-hydrogen) atoms. The van der Waals surface area contributed by atoms with E-state index in [9.17, 15) is 0 Å². The molecule has 0 radical (unpaired) electrons. The van der Waals surface area contributed by atoms with Gasteiger partial charge in [-0.2, -0.15) is 0 Å². The second kappa shape index (κ2) is 5.09. The van der Waals surface area contributed by atoms with Crippen molar-refractivity contribution < 1.29 is 4.74 Å². The number of piperidine rings is 1. The Labute approximate surface area is 100 Å². The molecule has 1 saturated heterocycles. The lowest BCUT2D eigenvalue weighted by atomic mass is 10.1. The van der Waals surface area contributed by atoms with Crippen LogP contribution in [0, 0.1) is 5.41 Å². The van der Waals surface area contributed by atoms with Crippen molar-refractivity contribution in [1.29, 1.82) is 5.41 Å². The van der Waals surface area contributed by atoms with E-state index in [-0.39, 0.29) is 11.9 Å². The van der Waals surface area contributed by atoms with Gasteiger partial charge in [0, 0.05) is 13.1 Å². The van der Waals surface area contributed by atoms with Crippen molar-refractivity contribution >= 4 is 5.84 Å². The van der Waals surface area contributed by atoms with Crippen LogP contribution in [0.4, 0.5) is 0 Å². The van der Waals surface area contributed by atoms with Crippen molar-refractivity contribution in [2.24, 2.45) is 5.73 Å². The molecule has 0 amide bonds. The molecular formula is C11H17N5O. The molecule has 1 aliphatic heterocycles. The number of aromatic nitrogens is 2. The van der Waals surface area contributed by atoms with Crippen LogP contribution in [0.5, 0.6) is 5.88 Å². The third-order valence-electron chi connectivity index (χ3n) is 2.86. The van der Waals surface area contributed by atoms with Gasteiger partial charge in [-0.3, -0.25) is 5.41 Å². The number of hydrogen-bond acceptors (Lipinski definition) is 5. The molecule has 3 N–H and O–H groups in total. The molecule has 1 fully saturated rings. The van der Waals surface area contributed by atoms with Gasteiger partial charge in [0.25, 0.3) is 0 Å². The molecule has 0 saturated carbocycles. The van der Waals surface area contributed by atoms with E-state index in [2.05, 4.69) is 21.9 Å². The van der Waals surface area contributed by atoms with Gasteiger partial charge in [0.05, 0.1) is 12.4 Å². The minimum atomic E-state index is -0.0802. The molecule has 0 aromatic carbocycles. The Kier molecular flexibility index (Phi) is 3.53.